The first-order valence-corrected chi connectivity index (χ1v) is 10.3. The zero-order valence-corrected chi connectivity index (χ0v) is 16.6. The highest BCUT2D eigenvalue weighted by molar-refractivity contribution is 7.15. The molecular weight excluding hydrogens is 360 g/mol. The second kappa shape index (κ2) is 8.99. The van der Waals surface area contributed by atoms with Crippen LogP contribution < -0.4 is 16.0 Å². The van der Waals surface area contributed by atoms with Crippen molar-refractivity contribution in [3.05, 3.63) is 40.4 Å². The van der Waals surface area contributed by atoms with E-state index >= 15 is 0 Å². The minimum atomic E-state index is -0.262. The van der Waals surface area contributed by atoms with Crippen molar-refractivity contribution in [3.8, 4) is 0 Å². The van der Waals surface area contributed by atoms with Gasteiger partial charge in [0.1, 0.15) is 0 Å². The molecule has 0 aliphatic heterocycles. The number of urea groups is 1. The largest absolute Gasteiger partial charge is 0.336 e. The molecule has 1 heterocycles. The van der Waals surface area contributed by atoms with Gasteiger partial charge in [-0.3, -0.25) is 10.1 Å². The predicted octanol–water partition coefficient (Wildman–Crippen LogP) is 4.58. The van der Waals surface area contributed by atoms with E-state index < -0.39 is 0 Å². The third-order valence-electron chi connectivity index (χ3n) is 4.39. The molecule has 0 atom stereocenters. The van der Waals surface area contributed by atoms with Gasteiger partial charge in [0.2, 0.25) is 0 Å². The Balaban J connectivity index is 1.61. The molecule has 6 nitrogen and oxygen atoms in total. The molecule has 0 radical (unpaired) electrons. The van der Waals surface area contributed by atoms with Crippen molar-refractivity contribution in [3.63, 3.8) is 0 Å². The van der Waals surface area contributed by atoms with Gasteiger partial charge >= 0.3 is 6.03 Å². The smallest absolute Gasteiger partial charge is 0.319 e. The monoisotopic (exact) mass is 386 g/mol. The molecule has 0 unspecified atom stereocenters. The quantitative estimate of drug-likeness (QED) is 0.719. The molecule has 0 fully saturated rings. The molecule has 3 amide bonds. The van der Waals surface area contributed by atoms with E-state index in [-0.39, 0.29) is 18.0 Å². The maximum Gasteiger partial charge on any atom is 0.319 e. The number of aryl methyl sites for hydroxylation is 2. The van der Waals surface area contributed by atoms with Gasteiger partial charge in [-0.1, -0.05) is 12.8 Å². The van der Waals surface area contributed by atoms with E-state index in [9.17, 15) is 9.59 Å². The van der Waals surface area contributed by atoms with E-state index in [1.807, 2.05) is 13.8 Å². The molecule has 0 saturated heterocycles. The summed E-state index contributed by atoms with van der Waals surface area (Å²) >= 11 is 1.59. The Bertz CT molecular complexity index is 773. The summed E-state index contributed by atoms with van der Waals surface area (Å²) in [5, 5.41) is 9.08. The maximum absolute atomic E-state index is 12.5. The second-order valence-electron chi connectivity index (χ2n) is 7.09. The number of aromatic nitrogens is 1. The van der Waals surface area contributed by atoms with Crippen LogP contribution in [-0.2, 0) is 12.8 Å². The molecule has 0 saturated carbocycles. The Kier molecular flexibility index (Phi) is 6.45. The Morgan fingerprint density at radius 3 is 2.41 bits per heavy atom. The van der Waals surface area contributed by atoms with Gasteiger partial charge in [-0.25, -0.2) is 9.78 Å². The van der Waals surface area contributed by atoms with Crippen LogP contribution in [0.3, 0.4) is 0 Å². The van der Waals surface area contributed by atoms with Crippen LogP contribution in [0.1, 0.15) is 60.5 Å². The van der Waals surface area contributed by atoms with E-state index in [1.165, 1.54) is 30.6 Å². The summed E-state index contributed by atoms with van der Waals surface area (Å²) in [7, 11) is 0. The van der Waals surface area contributed by atoms with Crippen LogP contribution in [0.4, 0.5) is 15.6 Å². The molecule has 0 spiro atoms. The van der Waals surface area contributed by atoms with Gasteiger partial charge < -0.3 is 10.6 Å². The van der Waals surface area contributed by atoms with Crippen LogP contribution in [-0.4, -0.2) is 23.0 Å². The molecule has 3 N–H and O–H groups in total. The fraction of sp³-hybridized carbons (Fsp3) is 0.450. The second-order valence-corrected chi connectivity index (χ2v) is 8.17. The van der Waals surface area contributed by atoms with Crippen molar-refractivity contribution >= 4 is 34.1 Å². The minimum Gasteiger partial charge on any atom is -0.336 e. The summed E-state index contributed by atoms with van der Waals surface area (Å²) in [6.07, 6.45) is 6.95. The number of hydrogen-bond acceptors (Lipinski definition) is 4. The average molecular weight is 387 g/mol. The fourth-order valence-corrected chi connectivity index (χ4v) is 4.11. The number of benzene rings is 1. The topological polar surface area (TPSA) is 83.1 Å². The Morgan fingerprint density at radius 2 is 1.70 bits per heavy atom. The molecule has 0 bridgehead atoms. The van der Waals surface area contributed by atoms with Crippen molar-refractivity contribution in [2.75, 3.05) is 10.6 Å². The van der Waals surface area contributed by atoms with Gasteiger partial charge in [0.25, 0.3) is 5.91 Å². The van der Waals surface area contributed by atoms with Gasteiger partial charge in [-0.05, 0) is 63.8 Å². The molecule has 1 aromatic heterocycles. The predicted molar refractivity (Wildman–Crippen MR) is 110 cm³/mol. The first-order valence-electron chi connectivity index (χ1n) is 9.49. The highest BCUT2D eigenvalue weighted by Gasteiger charge is 2.15. The Hall–Kier alpha value is -2.41. The number of carbonyl (C=O) groups excluding carboxylic acids is 2. The van der Waals surface area contributed by atoms with E-state index in [2.05, 4.69) is 20.9 Å². The van der Waals surface area contributed by atoms with Crippen LogP contribution in [0.15, 0.2) is 24.3 Å². The first-order chi connectivity index (χ1) is 13.0. The number of rotatable bonds is 4. The molecule has 27 heavy (non-hydrogen) atoms. The molecule has 2 aromatic rings. The number of anilines is 2. The van der Waals surface area contributed by atoms with Crippen molar-refractivity contribution in [1.29, 1.82) is 0 Å². The van der Waals surface area contributed by atoms with E-state index in [1.54, 1.807) is 35.6 Å². The van der Waals surface area contributed by atoms with Crippen LogP contribution in [0.5, 0.6) is 0 Å². The van der Waals surface area contributed by atoms with E-state index in [0.717, 1.165) is 18.5 Å². The average Bonchev–Trinajstić information content (AvgIpc) is 2.95. The summed E-state index contributed by atoms with van der Waals surface area (Å²) in [4.78, 5) is 30.1. The number of fused-ring (bicyclic) bond motifs is 1. The third kappa shape index (κ3) is 5.53. The number of carbonyl (C=O) groups is 2. The summed E-state index contributed by atoms with van der Waals surface area (Å²) in [5.41, 5.74) is 2.32. The van der Waals surface area contributed by atoms with Crippen LogP contribution in [0, 0.1) is 0 Å². The maximum atomic E-state index is 12.5. The highest BCUT2D eigenvalue weighted by atomic mass is 32.1. The molecular formula is C20H26N4O2S. The molecule has 7 heteroatoms. The lowest BCUT2D eigenvalue weighted by Crippen LogP contribution is -2.34. The molecule has 144 valence electrons. The highest BCUT2D eigenvalue weighted by Crippen LogP contribution is 2.28. The number of thiazole rings is 1. The zero-order valence-electron chi connectivity index (χ0n) is 15.8. The standard InChI is InChI=1S/C20H26N4O2S/c1-13(2)21-19(26)22-15-11-9-14(10-12-15)18(25)24-20-23-16-7-5-3-4-6-8-17(16)27-20/h9-13H,3-8H2,1-2H3,(H2,21,22,26)(H,23,24,25). The van der Waals surface area contributed by atoms with Gasteiger partial charge in [0.15, 0.2) is 5.13 Å². The van der Waals surface area contributed by atoms with Crippen LogP contribution >= 0.6 is 11.3 Å². The third-order valence-corrected chi connectivity index (χ3v) is 5.46. The SMILES string of the molecule is CC(C)NC(=O)Nc1ccc(C(=O)Nc2nc3c(s2)CCCCCC3)cc1. The van der Waals surface area contributed by atoms with Gasteiger partial charge in [0.05, 0.1) is 5.69 Å². The number of nitrogens with zero attached hydrogens (tertiary/aromatic N) is 1. The lowest BCUT2D eigenvalue weighted by atomic mass is 10.0. The van der Waals surface area contributed by atoms with Gasteiger partial charge in [-0.2, -0.15) is 0 Å². The van der Waals surface area contributed by atoms with Crippen molar-refractivity contribution < 1.29 is 9.59 Å². The molecule has 1 aromatic carbocycles. The van der Waals surface area contributed by atoms with Gasteiger partial charge in [0, 0.05) is 22.2 Å². The van der Waals surface area contributed by atoms with E-state index in [0.29, 0.717) is 16.4 Å². The summed E-state index contributed by atoms with van der Waals surface area (Å²) in [6, 6.07) is 6.63. The first kappa shape index (κ1) is 19.4. The van der Waals surface area contributed by atoms with Crippen molar-refractivity contribution in [1.82, 2.24) is 10.3 Å². The molecule has 1 aliphatic carbocycles. The zero-order chi connectivity index (χ0) is 19.2. The van der Waals surface area contributed by atoms with Gasteiger partial charge in [-0.15, -0.1) is 11.3 Å². The lowest BCUT2D eigenvalue weighted by Gasteiger charge is -2.10. The van der Waals surface area contributed by atoms with Crippen molar-refractivity contribution in [2.24, 2.45) is 0 Å². The molecule has 3 rings (SSSR count). The Morgan fingerprint density at radius 1 is 1.00 bits per heavy atom. The number of amides is 3. The fourth-order valence-electron chi connectivity index (χ4n) is 3.06. The number of hydrogen-bond donors (Lipinski definition) is 3. The van der Waals surface area contributed by atoms with Crippen LogP contribution in [0.2, 0.25) is 0 Å². The van der Waals surface area contributed by atoms with Crippen LogP contribution in [0.25, 0.3) is 0 Å². The normalized spacial score (nSPS) is 14.0. The van der Waals surface area contributed by atoms with E-state index in [4.69, 9.17) is 0 Å². The minimum absolute atomic E-state index is 0.0627. The number of nitrogens with one attached hydrogen (secondary N) is 3. The van der Waals surface area contributed by atoms with Crippen molar-refractivity contribution in [2.45, 2.75) is 58.4 Å². The molecule has 1 aliphatic rings. The summed E-state index contributed by atoms with van der Waals surface area (Å²) in [6.45, 7) is 3.79. The summed E-state index contributed by atoms with van der Waals surface area (Å²) < 4.78 is 0. The Labute approximate surface area is 163 Å². The lowest BCUT2D eigenvalue weighted by molar-refractivity contribution is 0.102. The summed E-state index contributed by atoms with van der Waals surface area (Å²) in [5.74, 6) is -0.185.